The van der Waals surface area contributed by atoms with Crippen molar-refractivity contribution in [2.75, 3.05) is 12.3 Å². The topological polar surface area (TPSA) is 29.1 Å². The van der Waals surface area contributed by atoms with Gasteiger partial charge in [-0.3, -0.25) is 4.79 Å². The molecule has 2 aromatic rings. The molecule has 0 atom stereocenters. The third-order valence-electron chi connectivity index (χ3n) is 4.66. The number of amides is 1. The second kappa shape index (κ2) is 8.02. The van der Waals surface area contributed by atoms with E-state index < -0.39 is 0 Å². The average Bonchev–Trinajstić information content (AvgIpc) is 3.26. The number of hydrogen-bond acceptors (Lipinski definition) is 3. The van der Waals surface area contributed by atoms with Crippen molar-refractivity contribution in [1.82, 2.24) is 5.32 Å². The Morgan fingerprint density at radius 2 is 1.96 bits per heavy atom. The van der Waals surface area contributed by atoms with E-state index in [9.17, 15) is 4.79 Å². The molecule has 0 bridgehead atoms. The summed E-state index contributed by atoms with van der Waals surface area (Å²) in [5.74, 6) is 1.59. The molecule has 0 saturated heterocycles. The summed E-state index contributed by atoms with van der Waals surface area (Å²) >= 11 is 3.44. The Labute approximate surface area is 146 Å². The Morgan fingerprint density at radius 1 is 1.17 bits per heavy atom. The maximum absolute atomic E-state index is 12.2. The monoisotopic (exact) mass is 345 g/mol. The number of nitrogens with one attached hydrogen (secondary N) is 1. The van der Waals surface area contributed by atoms with E-state index in [0.29, 0.717) is 5.75 Å². The molecule has 0 radical (unpaired) electrons. The van der Waals surface area contributed by atoms with Crippen LogP contribution in [0.1, 0.15) is 36.8 Å². The molecule has 0 aliphatic heterocycles. The lowest BCUT2D eigenvalue weighted by atomic mass is 9.80. The summed E-state index contributed by atoms with van der Waals surface area (Å²) in [6.45, 7) is 0.786. The lowest BCUT2D eigenvalue weighted by Crippen LogP contribution is -2.39. The number of carbonyl (C=O) groups excluding carboxylic acids is 1. The summed E-state index contributed by atoms with van der Waals surface area (Å²) in [4.78, 5) is 12.2. The largest absolute Gasteiger partial charge is 0.354 e. The van der Waals surface area contributed by atoms with Crippen LogP contribution in [0, 0.1) is 0 Å². The first-order chi connectivity index (χ1) is 11.3. The second-order valence-electron chi connectivity index (χ2n) is 6.25. The molecule has 1 aromatic heterocycles. The third-order valence-corrected chi connectivity index (χ3v) is 6.35. The van der Waals surface area contributed by atoms with E-state index in [2.05, 4.69) is 34.3 Å². The van der Waals surface area contributed by atoms with E-state index in [1.165, 1.54) is 36.8 Å². The SMILES string of the molecule is O=C(CSCc1ccccc1)NCC1(c2ccsc2)CCCC1. The Bertz CT molecular complexity index is 604. The molecule has 1 amide bonds. The highest BCUT2D eigenvalue weighted by molar-refractivity contribution is 7.99. The fraction of sp³-hybridized carbons (Fsp3) is 0.421. The highest BCUT2D eigenvalue weighted by Crippen LogP contribution is 2.41. The Hall–Kier alpha value is -1.26. The van der Waals surface area contributed by atoms with Gasteiger partial charge in [0.15, 0.2) is 0 Å². The predicted octanol–water partition coefficient (Wildman–Crippen LogP) is 4.61. The molecule has 1 N–H and O–H groups in total. The number of rotatable bonds is 7. The zero-order valence-corrected chi connectivity index (χ0v) is 14.9. The molecule has 2 nitrogen and oxygen atoms in total. The predicted molar refractivity (Wildman–Crippen MR) is 100 cm³/mol. The van der Waals surface area contributed by atoms with Gasteiger partial charge in [0, 0.05) is 17.7 Å². The molecular formula is C19H23NOS2. The van der Waals surface area contributed by atoms with E-state index in [4.69, 9.17) is 0 Å². The highest BCUT2D eigenvalue weighted by atomic mass is 32.2. The smallest absolute Gasteiger partial charge is 0.230 e. The molecule has 3 rings (SSSR count). The Morgan fingerprint density at radius 3 is 2.65 bits per heavy atom. The number of benzene rings is 1. The zero-order valence-electron chi connectivity index (χ0n) is 13.3. The summed E-state index contributed by atoms with van der Waals surface area (Å²) in [6.07, 6.45) is 4.94. The van der Waals surface area contributed by atoms with Crippen LogP contribution in [0.5, 0.6) is 0 Å². The maximum atomic E-state index is 12.2. The van der Waals surface area contributed by atoms with Crippen LogP contribution < -0.4 is 5.32 Å². The van der Waals surface area contributed by atoms with Crippen LogP contribution in [0.25, 0.3) is 0 Å². The van der Waals surface area contributed by atoms with Crippen LogP contribution in [-0.4, -0.2) is 18.2 Å². The highest BCUT2D eigenvalue weighted by Gasteiger charge is 2.36. The minimum Gasteiger partial charge on any atom is -0.354 e. The van der Waals surface area contributed by atoms with Crippen molar-refractivity contribution in [2.45, 2.75) is 36.9 Å². The molecule has 1 fully saturated rings. The molecule has 1 saturated carbocycles. The fourth-order valence-electron chi connectivity index (χ4n) is 3.34. The third kappa shape index (κ3) is 4.39. The lowest BCUT2D eigenvalue weighted by Gasteiger charge is -2.28. The second-order valence-corrected chi connectivity index (χ2v) is 8.02. The van der Waals surface area contributed by atoms with Crippen molar-refractivity contribution in [3.63, 3.8) is 0 Å². The number of thiophene rings is 1. The van der Waals surface area contributed by atoms with Crippen LogP contribution in [0.3, 0.4) is 0 Å². The van der Waals surface area contributed by atoms with Crippen LogP contribution in [0.15, 0.2) is 47.2 Å². The molecule has 0 unspecified atom stereocenters. The van der Waals surface area contributed by atoms with Gasteiger partial charge in [-0.05, 0) is 40.8 Å². The van der Waals surface area contributed by atoms with Crippen LogP contribution in [0.2, 0.25) is 0 Å². The number of carbonyl (C=O) groups is 1. The number of hydrogen-bond donors (Lipinski definition) is 1. The van der Waals surface area contributed by atoms with E-state index in [-0.39, 0.29) is 11.3 Å². The van der Waals surface area contributed by atoms with E-state index in [1.54, 1.807) is 23.1 Å². The first kappa shape index (κ1) is 16.6. The summed E-state index contributed by atoms with van der Waals surface area (Å²) in [5.41, 5.74) is 2.87. The minimum absolute atomic E-state index is 0.160. The summed E-state index contributed by atoms with van der Waals surface area (Å²) in [6, 6.07) is 12.5. The van der Waals surface area contributed by atoms with Crippen molar-refractivity contribution in [2.24, 2.45) is 0 Å². The van der Waals surface area contributed by atoms with Gasteiger partial charge >= 0.3 is 0 Å². The van der Waals surface area contributed by atoms with Crippen molar-refractivity contribution >= 4 is 29.0 Å². The van der Waals surface area contributed by atoms with Crippen molar-refractivity contribution in [3.05, 3.63) is 58.3 Å². The average molecular weight is 346 g/mol. The van der Waals surface area contributed by atoms with E-state index in [0.717, 1.165) is 12.3 Å². The molecule has 1 heterocycles. The molecule has 122 valence electrons. The molecule has 1 aliphatic rings. The van der Waals surface area contributed by atoms with Gasteiger partial charge in [-0.1, -0.05) is 43.2 Å². The molecule has 1 aliphatic carbocycles. The normalized spacial score (nSPS) is 16.3. The van der Waals surface area contributed by atoms with E-state index in [1.807, 2.05) is 18.2 Å². The molecule has 23 heavy (non-hydrogen) atoms. The van der Waals surface area contributed by atoms with Gasteiger partial charge < -0.3 is 5.32 Å². The molecular weight excluding hydrogens is 322 g/mol. The summed E-state index contributed by atoms with van der Waals surface area (Å²) in [7, 11) is 0. The van der Waals surface area contributed by atoms with Crippen LogP contribution >= 0.6 is 23.1 Å². The zero-order chi connectivity index (χ0) is 16.0. The molecule has 4 heteroatoms. The van der Waals surface area contributed by atoms with Gasteiger partial charge in [0.1, 0.15) is 0 Å². The van der Waals surface area contributed by atoms with Gasteiger partial charge in [-0.2, -0.15) is 11.3 Å². The fourth-order valence-corrected chi connectivity index (χ4v) is 4.94. The Balaban J connectivity index is 1.46. The van der Waals surface area contributed by atoms with Gasteiger partial charge in [0.05, 0.1) is 5.75 Å². The lowest BCUT2D eigenvalue weighted by molar-refractivity contribution is -0.118. The number of thioether (sulfide) groups is 1. The minimum atomic E-state index is 0.160. The van der Waals surface area contributed by atoms with Crippen LogP contribution in [-0.2, 0) is 16.0 Å². The molecule has 0 spiro atoms. The Kier molecular flexibility index (Phi) is 5.79. The van der Waals surface area contributed by atoms with Gasteiger partial charge in [0.2, 0.25) is 5.91 Å². The van der Waals surface area contributed by atoms with Crippen molar-refractivity contribution in [1.29, 1.82) is 0 Å². The van der Waals surface area contributed by atoms with Crippen molar-refractivity contribution in [3.8, 4) is 0 Å². The molecule has 1 aromatic carbocycles. The first-order valence-electron chi connectivity index (χ1n) is 8.20. The quantitative estimate of drug-likeness (QED) is 0.794. The van der Waals surface area contributed by atoms with Gasteiger partial charge in [0.25, 0.3) is 0 Å². The summed E-state index contributed by atoms with van der Waals surface area (Å²) in [5, 5.41) is 7.58. The summed E-state index contributed by atoms with van der Waals surface area (Å²) < 4.78 is 0. The van der Waals surface area contributed by atoms with Gasteiger partial charge in [-0.25, -0.2) is 0 Å². The van der Waals surface area contributed by atoms with Crippen LogP contribution in [0.4, 0.5) is 0 Å². The maximum Gasteiger partial charge on any atom is 0.230 e. The van der Waals surface area contributed by atoms with Gasteiger partial charge in [-0.15, -0.1) is 11.8 Å². The van der Waals surface area contributed by atoms with Crippen molar-refractivity contribution < 1.29 is 4.79 Å². The van der Waals surface area contributed by atoms with E-state index >= 15 is 0 Å². The first-order valence-corrected chi connectivity index (χ1v) is 10.3. The standard InChI is InChI=1S/C19H23NOS2/c21-18(14-23-12-16-6-2-1-3-7-16)20-15-19(9-4-5-10-19)17-8-11-22-13-17/h1-3,6-8,11,13H,4-5,9-10,12,14-15H2,(H,20,21).